The van der Waals surface area contributed by atoms with Crippen LogP contribution in [-0.4, -0.2) is 34.2 Å². The number of amides is 1. The minimum absolute atomic E-state index is 0.00458. The Morgan fingerprint density at radius 2 is 1.79 bits per heavy atom. The van der Waals surface area contributed by atoms with Crippen molar-refractivity contribution in [3.63, 3.8) is 0 Å². The number of halogens is 2. The number of rotatable bonds is 8. The van der Waals surface area contributed by atoms with Crippen LogP contribution >= 0.6 is 46.3 Å². The number of ether oxygens (including phenoxy) is 1. The second kappa shape index (κ2) is 10.1. The Morgan fingerprint density at radius 1 is 1.10 bits per heavy atom. The Kier molecular flexibility index (Phi) is 7.49. The molecular weight excluding hydrogens is 453 g/mol. The second-order valence-electron chi connectivity index (χ2n) is 5.61. The average Bonchev–Trinajstić information content (AvgIpc) is 3.16. The molecule has 0 aliphatic rings. The second-order valence-corrected chi connectivity index (χ2v) is 8.62. The first-order valence-electron chi connectivity index (χ1n) is 8.45. The van der Waals surface area contributed by atoms with Crippen molar-refractivity contribution in [1.82, 2.24) is 10.2 Å². The highest BCUT2D eigenvalue weighted by molar-refractivity contribution is 8.01. The van der Waals surface area contributed by atoms with Gasteiger partial charge in [0, 0.05) is 11.1 Å². The van der Waals surface area contributed by atoms with Crippen LogP contribution in [0.1, 0.15) is 27.6 Å². The molecule has 0 fully saturated rings. The largest absolute Gasteiger partial charge is 0.491 e. The molecule has 1 aromatic heterocycles. The van der Waals surface area contributed by atoms with Gasteiger partial charge in [-0.1, -0.05) is 76.6 Å². The quantitative estimate of drug-likeness (QED) is 0.268. The lowest BCUT2D eigenvalue weighted by molar-refractivity contribution is 0.101. The predicted molar refractivity (Wildman–Crippen MR) is 117 cm³/mol. The number of nitrogens with one attached hydrogen (secondary N) is 1. The molecule has 0 aliphatic heterocycles. The van der Waals surface area contributed by atoms with Crippen molar-refractivity contribution < 1.29 is 14.3 Å². The summed E-state index contributed by atoms with van der Waals surface area (Å²) >= 11 is 14.7. The fourth-order valence-corrected chi connectivity index (χ4v) is 4.53. The summed E-state index contributed by atoms with van der Waals surface area (Å²) < 4.78 is 5.93. The van der Waals surface area contributed by atoms with Crippen molar-refractivity contribution in [1.29, 1.82) is 0 Å². The number of hydrogen-bond acceptors (Lipinski definition) is 7. The van der Waals surface area contributed by atoms with E-state index in [4.69, 9.17) is 27.9 Å². The fourth-order valence-electron chi connectivity index (χ4n) is 2.30. The van der Waals surface area contributed by atoms with Gasteiger partial charge in [-0.2, -0.15) is 0 Å². The van der Waals surface area contributed by atoms with Crippen LogP contribution in [0.4, 0.5) is 5.13 Å². The van der Waals surface area contributed by atoms with E-state index in [9.17, 15) is 9.59 Å². The number of benzene rings is 2. The summed E-state index contributed by atoms with van der Waals surface area (Å²) in [6, 6.07) is 12.0. The molecule has 1 amide bonds. The van der Waals surface area contributed by atoms with Gasteiger partial charge in [0.25, 0.3) is 5.91 Å². The van der Waals surface area contributed by atoms with Gasteiger partial charge in [-0.25, -0.2) is 0 Å². The standard InChI is InChI=1S/C19H15Cl2N3O3S2/c1-2-27-16-13(20)8-12(9-14(16)21)17(26)22-18-23-24-19(29-18)28-10-15(25)11-6-4-3-5-7-11/h3-9H,2,10H2,1H3,(H,22,23,26). The van der Waals surface area contributed by atoms with Crippen LogP contribution in [0.15, 0.2) is 46.8 Å². The number of aromatic nitrogens is 2. The van der Waals surface area contributed by atoms with Gasteiger partial charge in [0.2, 0.25) is 5.13 Å². The first-order chi connectivity index (χ1) is 14.0. The molecule has 150 valence electrons. The zero-order valence-electron chi connectivity index (χ0n) is 15.1. The predicted octanol–water partition coefficient (Wildman–Crippen LogP) is 5.47. The molecule has 2 aromatic carbocycles. The third-order valence-corrected chi connectivity index (χ3v) is 6.13. The minimum Gasteiger partial charge on any atom is -0.491 e. The number of carbonyl (C=O) groups excluding carboxylic acids is 2. The van der Waals surface area contributed by atoms with Gasteiger partial charge >= 0.3 is 0 Å². The smallest absolute Gasteiger partial charge is 0.257 e. The van der Waals surface area contributed by atoms with Crippen molar-refractivity contribution in [3.05, 3.63) is 63.6 Å². The van der Waals surface area contributed by atoms with E-state index < -0.39 is 5.91 Å². The lowest BCUT2D eigenvalue weighted by Crippen LogP contribution is -2.12. The third-order valence-electron chi connectivity index (χ3n) is 3.60. The third kappa shape index (κ3) is 5.70. The molecule has 6 nitrogen and oxygen atoms in total. The van der Waals surface area contributed by atoms with E-state index >= 15 is 0 Å². The van der Waals surface area contributed by atoms with Crippen LogP contribution < -0.4 is 10.1 Å². The zero-order valence-corrected chi connectivity index (χ0v) is 18.3. The molecule has 10 heteroatoms. The van der Waals surface area contributed by atoms with Crippen LogP contribution in [0.25, 0.3) is 0 Å². The number of carbonyl (C=O) groups is 2. The Bertz CT molecular complexity index is 1010. The van der Waals surface area contributed by atoms with Gasteiger partial charge < -0.3 is 4.74 Å². The van der Waals surface area contributed by atoms with Gasteiger partial charge in [-0.3, -0.25) is 14.9 Å². The summed E-state index contributed by atoms with van der Waals surface area (Å²) in [5.74, 6) is 0.140. The summed E-state index contributed by atoms with van der Waals surface area (Å²) in [6.45, 7) is 2.22. The molecule has 0 atom stereocenters. The van der Waals surface area contributed by atoms with E-state index in [1.165, 1.54) is 35.2 Å². The average molecular weight is 468 g/mol. The number of Topliss-reactive ketones (excluding diaryl/α,β-unsaturated/α-hetero) is 1. The molecule has 0 saturated carbocycles. The van der Waals surface area contributed by atoms with E-state index in [-0.39, 0.29) is 27.1 Å². The van der Waals surface area contributed by atoms with E-state index in [1.54, 1.807) is 12.1 Å². The number of nitrogens with zero attached hydrogens (tertiary/aromatic N) is 2. The Morgan fingerprint density at radius 3 is 2.45 bits per heavy atom. The number of ketones is 1. The van der Waals surface area contributed by atoms with E-state index in [0.29, 0.717) is 27.4 Å². The number of anilines is 1. The first-order valence-corrected chi connectivity index (χ1v) is 11.0. The summed E-state index contributed by atoms with van der Waals surface area (Å²) in [6.07, 6.45) is 0. The van der Waals surface area contributed by atoms with Gasteiger partial charge in [0.1, 0.15) is 0 Å². The Labute approximate surface area is 185 Å². The molecule has 1 heterocycles. The van der Waals surface area contributed by atoms with E-state index in [1.807, 2.05) is 25.1 Å². The van der Waals surface area contributed by atoms with Gasteiger partial charge in [-0.05, 0) is 19.1 Å². The van der Waals surface area contributed by atoms with Crippen LogP contribution in [0.3, 0.4) is 0 Å². The summed E-state index contributed by atoms with van der Waals surface area (Å²) in [5, 5.41) is 11.4. The first kappa shape index (κ1) is 21.6. The van der Waals surface area contributed by atoms with Crippen molar-refractivity contribution in [2.45, 2.75) is 11.3 Å². The fraction of sp³-hybridized carbons (Fsp3) is 0.158. The van der Waals surface area contributed by atoms with Crippen LogP contribution in [0, 0.1) is 0 Å². The topological polar surface area (TPSA) is 81.2 Å². The molecular formula is C19H15Cl2N3O3S2. The van der Waals surface area contributed by atoms with Crippen LogP contribution in [0.5, 0.6) is 5.75 Å². The summed E-state index contributed by atoms with van der Waals surface area (Å²) in [7, 11) is 0. The lowest BCUT2D eigenvalue weighted by atomic mass is 10.2. The van der Waals surface area contributed by atoms with Crippen molar-refractivity contribution in [3.8, 4) is 5.75 Å². The lowest BCUT2D eigenvalue weighted by Gasteiger charge is -2.09. The molecule has 0 saturated heterocycles. The molecule has 3 rings (SSSR count). The van der Waals surface area contributed by atoms with Crippen molar-refractivity contribution in [2.75, 3.05) is 17.7 Å². The molecule has 3 aromatic rings. The maximum Gasteiger partial charge on any atom is 0.257 e. The van der Waals surface area contributed by atoms with E-state index in [2.05, 4.69) is 15.5 Å². The molecule has 29 heavy (non-hydrogen) atoms. The molecule has 0 aliphatic carbocycles. The van der Waals surface area contributed by atoms with Gasteiger partial charge in [0.05, 0.1) is 22.4 Å². The highest BCUT2D eigenvalue weighted by Crippen LogP contribution is 2.34. The van der Waals surface area contributed by atoms with Crippen molar-refractivity contribution in [2.24, 2.45) is 0 Å². The molecule has 0 radical (unpaired) electrons. The van der Waals surface area contributed by atoms with Crippen LogP contribution in [-0.2, 0) is 0 Å². The normalized spacial score (nSPS) is 10.6. The van der Waals surface area contributed by atoms with E-state index in [0.717, 1.165) is 0 Å². The molecule has 0 spiro atoms. The van der Waals surface area contributed by atoms with Gasteiger partial charge in [0.15, 0.2) is 15.9 Å². The highest BCUT2D eigenvalue weighted by Gasteiger charge is 2.16. The summed E-state index contributed by atoms with van der Waals surface area (Å²) in [5.41, 5.74) is 0.911. The Hall–Kier alpha value is -2.13. The molecule has 1 N–H and O–H groups in total. The summed E-state index contributed by atoms with van der Waals surface area (Å²) in [4.78, 5) is 24.6. The number of hydrogen-bond donors (Lipinski definition) is 1. The molecule has 0 unspecified atom stereocenters. The monoisotopic (exact) mass is 467 g/mol. The Balaban J connectivity index is 1.61. The maximum atomic E-state index is 12.5. The zero-order chi connectivity index (χ0) is 20.8. The maximum absolute atomic E-state index is 12.5. The SMILES string of the molecule is CCOc1c(Cl)cc(C(=O)Nc2nnc(SCC(=O)c3ccccc3)s2)cc1Cl. The van der Waals surface area contributed by atoms with Gasteiger partial charge in [-0.15, -0.1) is 10.2 Å². The van der Waals surface area contributed by atoms with Crippen LogP contribution in [0.2, 0.25) is 10.0 Å². The highest BCUT2D eigenvalue weighted by atomic mass is 35.5. The molecule has 0 bridgehead atoms. The minimum atomic E-state index is -0.426. The van der Waals surface area contributed by atoms with Crippen molar-refractivity contribution >= 4 is 63.1 Å². The number of thioether (sulfide) groups is 1.